The number of hydrogen-bond donors (Lipinski definition) is 2. The Hall–Kier alpha value is -3.64. The number of ether oxygens (including phenoxy) is 2. The summed E-state index contributed by atoms with van der Waals surface area (Å²) in [6, 6.07) is 24.1. The Morgan fingerprint density at radius 3 is 2.25 bits per heavy atom. The van der Waals surface area contributed by atoms with Crippen LogP contribution in [0.2, 0.25) is 0 Å². The molecular formula is C26H28N2O4. The highest BCUT2D eigenvalue weighted by Gasteiger charge is 2.16. The van der Waals surface area contributed by atoms with E-state index in [2.05, 4.69) is 10.6 Å². The van der Waals surface area contributed by atoms with E-state index in [1.165, 1.54) is 5.56 Å². The van der Waals surface area contributed by atoms with Crippen molar-refractivity contribution < 1.29 is 19.1 Å². The van der Waals surface area contributed by atoms with E-state index >= 15 is 0 Å². The standard InChI is InChI=1S/C26H28N2O4/c1-31-18-9-17-27-25(29)21-12-5-7-14-23(21)28-26(30)22-13-6-8-15-24(22)32-19-16-20-10-3-2-4-11-20/h2-8,10-15H,9,16-19H2,1H3,(H,27,29)(H,28,30). The number of nitrogens with one attached hydrogen (secondary N) is 2. The number of carbonyl (C=O) groups is 2. The number of methoxy groups -OCH3 is 1. The van der Waals surface area contributed by atoms with E-state index in [0.29, 0.717) is 48.7 Å². The summed E-state index contributed by atoms with van der Waals surface area (Å²) < 4.78 is 10.9. The topological polar surface area (TPSA) is 76.7 Å². The molecule has 0 saturated carbocycles. The second-order valence-electron chi connectivity index (χ2n) is 7.18. The molecule has 6 nitrogen and oxygen atoms in total. The van der Waals surface area contributed by atoms with Gasteiger partial charge in [0.05, 0.1) is 23.4 Å². The van der Waals surface area contributed by atoms with Gasteiger partial charge in [0.2, 0.25) is 0 Å². The molecule has 3 aromatic carbocycles. The Kier molecular flexibility index (Phi) is 8.83. The molecule has 0 spiro atoms. The van der Waals surface area contributed by atoms with Crippen LogP contribution in [0.25, 0.3) is 0 Å². The van der Waals surface area contributed by atoms with Crippen molar-refractivity contribution in [1.82, 2.24) is 5.32 Å². The van der Waals surface area contributed by atoms with Crippen LogP contribution >= 0.6 is 0 Å². The number of amides is 2. The Morgan fingerprint density at radius 1 is 0.781 bits per heavy atom. The molecule has 0 bridgehead atoms. The average molecular weight is 433 g/mol. The quantitative estimate of drug-likeness (QED) is 0.442. The van der Waals surface area contributed by atoms with Gasteiger partial charge in [-0.05, 0) is 36.2 Å². The Bertz CT molecular complexity index is 1020. The fraction of sp³-hybridized carbons (Fsp3) is 0.231. The lowest BCUT2D eigenvalue weighted by molar-refractivity contribution is 0.0949. The van der Waals surface area contributed by atoms with Gasteiger partial charge in [-0.2, -0.15) is 0 Å². The van der Waals surface area contributed by atoms with Crippen LogP contribution in [-0.2, 0) is 11.2 Å². The van der Waals surface area contributed by atoms with Crippen LogP contribution in [0.15, 0.2) is 78.9 Å². The van der Waals surface area contributed by atoms with Crippen molar-refractivity contribution in [1.29, 1.82) is 0 Å². The molecular weight excluding hydrogens is 404 g/mol. The summed E-state index contributed by atoms with van der Waals surface area (Å²) in [5.41, 5.74) is 2.43. The van der Waals surface area contributed by atoms with E-state index in [0.717, 1.165) is 6.42 Å². The van der Waals surface area contributed by atoms with Crippen molar-refractivity contribution in [3.63, 3.8) is 0 Å². The van der Waals surface area contributed by atoms with Crippen LogP contribution in [0.1, 0.15) is 32.7 Å². The Morgan fingerprint density at radius 2 is 1.47 bits per heavy atom. The largest absolute Gasteiger partial charge is 0.492 e. The van der Waals surface area contributed by atoms with Gasteiger partial charge in [0.15, 0.2) is 0 Å². The minimum absolute atomic E-state index is 0.246. The summed E-state index contributed by atoms with van der Waals surface area (Å²) in [6.07, 6.45) is 1.45. The summed E-state index contributed by atoms with van der Waals surface area (Å²) in [7, 11) is 1.62. The maximum atomic E-state index is 13.0. The zero-order valence-corrected chi connectivity index (χ0v) is 18.2. The first-order valence-electron chi connectivity index (χ1n) is 10.6. The number of anilines is 1. The van der Waals surface area contributed by atoms with E-state index in [1.807, 2.05) is 36.4 Å². The highest BCUT2D eigenvalue weighted by molar-refractivity contribution is 6.10. The molecule has 0 aliphatic rings. The number of para-hydroxylation sites is 2. The first-order chi connectivity index (χ1) is 15.7. The van der Waals surface area contributed by atoms with Gasteiger partial charge in [-0.25, -0.2) is 0 Å². The molecule has 0 aliphatic heterocycles. The smallest absolute Gasteiger partial charge is 0.259 e. The zero-order valence-electron chi connectivity index (χ0n) is 18.2. The maximum Gasteiger partial charge on any atom is 0.259 e. The molecule has 0 fully saturated rings. The molecule has 0 radical (unpaired) electrons. The second kappa shape index (κ2) is 12.3. The SMILES string of the molecule is COCCCNC(=O)c1ccccc1NC(=O)c1ccccc1OCCc1ccccc1. The fourth-order valence-electron chi connectivity index (χ4n) is 3.20. The third kappa shape index (κ3) is 6.68. The van der Waals surface area contributed by atoms with Gasteiger partial charge in [-0.1, -0.05) is 54.6 Å². The molecule has 2 amide bonds. The van der Waals surface area contributed by atoms with Gasteiger partial charge in [0.1, 0.15) is 5.75 Å². The van der Waals surface area contributed by atoms with Gasteiger partial charge in [-0.3, -0.25) is 9.59 Å². The maximum absolute atomic E-state index is 13.0. The lowest BCUT2D eigenvalue weighted by Crippen LogP contribution is -2.26. The molecule has 0 atom stereocenters. The average Bonchev–Trinajstić information content (AvgIpc) is 2.83. The van der Waals surface area contributed by atoms with E-state index < -0.39 is 0 Å². The Balaban J connectivity index is 1.65. The zero-order chi connectivity index (χ0) is 22.6. The minimum atomic E-state index is -0.333. The number of carbonyl (C=O) groups excluding carboxylic acids is 2. The molecule has 0 aromatic heterocycles. The van der Waals surface area contributed by atoms with Crippen LogP contribution in [0.3, 0.4) is 0 Å². The van der Waals surface area contributed by atoms with Crippen molar-refractivity contribution >= 4 is 17.5 Å². The summed E-state index contributed by atoms with van der Waals surface area (Å²) in [4.78, 5) is 25.6. The van der Waals surface area contributed by atoms with Crippen LogP contribution in [0.4, 0.5) is 5.69 Å². The molecule has 166 valence electrons. The second-order valence-corrected chi connectivity index (χ2v) is 7.18. The summed E-state index contributed by atoms with van der Waals surface area (Å²) in [6.45, 7) is 1.52. The number of rotatable bonds is 11. The number of hydrogen-bond acceptors (Lipinski definition) is 4. The lowest BCUT2D eigenvalue weighted by atomic mass is 10.1. The van der Waals surface area contributed by atoms with Crippen LogP contribution in [-0.4, -0.2) is 38.7 Å². The van der Waals surface area contributed by atoms with E-state index in [-0.39, 0.29) is 11.8 Å². The molecule has 3 rings (SSSR count). The number of benzene rings is 3. The van der Waals surface area contributed by atoms with Gasteiger partial charge in [0, 0.05) is 26.7 Å². The van der Waals surface area contributed by atoms with Crippen molar-refractivity contribution in [2.75, 3.05) is 32.2 Å². The fourth-order valence-corrected chi connectivity index (χ4v) is 3.20. The molecule has 6 heteroatoms. The van der Waals surface area contributed by atoms with Crippen molar-refractivity contribution in [2.45, 2.75) is 12.8 Å². The summed E-state index contributed by atoms with van der Waals surface area (Å²) in [5.74, 6) is -0.0771. The van der Waals surface area contributed by atoms with Crippen LogP contribution in [0, 0.1) is 0 Å². The molecule has 0 saturated heterocycles. The lowest BCUT2D eigenvalue weighted by Gasteiger charge is -2.14. The molecule has 32 heavy (non-hydrogen) atoms. The third-order valence-corrected chi connectivity index (χ3v) is 4.85. The molecule has 3 aromatic rings. The first kappa shape index (κ1) is 23.0. The molecule has 0 heterocycles. The predicted molar refractivity (Wildman–Crippen MR) is 125 cm³/mol. The van der Waals surface area contributed by atoms with E-state index in [1.54, 1.807) is 49.6 Å². The molecule has 2 N–H and O–H groups in total. The van der Waals surface area contributed by atoms with Crippen molar-refractivity contribution in [2.24, 2.45) is 0 Å². The molecule has 0 unspecified atom stereocenters. The minimum Gasteiger partial charge on any atom is -0.492 e. The van der Waals surface area contributed by atoms with Crippen molar-refractivity contribution in [3.8, 4) is 5.75 Å². The van der Waals surface area contributed by atoms with Crippen LogP contribution < -0.4 is 15.4 Å². The third-order valence-electron chi connectivity index (χ3n) is 4.85. The van der Waals surface area contributed by atoms with E-state index in [4.69, 9.17) is 9.47 Å². The molecule has 0 aliphatic carbocycles. The summed E-state index contributed by atoms with van der Waals surface area (Å²) >= 11 is 0. The summed E-state index contributed by atoms with van der Waals surface area (Å²) in [5, 5.41) is 5.70. The van der Waals surface area contributed by atoms with Crippen LogP contribution in [0.5, 0.6) is 5.75 Å². The van der Waals surface area contributed by atoms with Crippen molar-refractivity contribution in [3.05, 3.63) is 95.6 Å². The highest BCUT2D eigenvalue weighted by atomic mass is 16.5. The van der Waals surface area contributed by atoms with Gasteiger partial charge in [-0.15, -0.1) is 0 Å². The first-order valence-corrected chi connectivity index (χ1v) is 10.6. The highest BCUT2D eigenvalue weighted by Crippen LogP contribution is 2.22. The van der Waals surface area contributed by atoms with E-state index in [9.17, 15) is 9.59 Å². The Labute approximate surface area is 188 Å². The monoisotopic (exact) mass is 432 g/mol. The van der Waals surface area contributed by atoms with Gasteiger partial charge >= 0.3 is 0 Å². The predicted octanol–water partition coefficient (Wildman–Crippen LogP) is 4.33. The van der Waals surface area contributed by atoms with Gasteiger partial charge in [0.25, 0.3) is 11.8 Å². The van der Waals surface area contributed by atoms with Gasteiger partial charge < -0.3 is 20.1 Å². The normalized spacial score (nSPS) is 10.4.